The summed E-state index contributed by atoms with van der Waals surface area (Å²) in [5, 5.41) is 12.6. The summed E-state index contributed by atoms with van der Waals surface area (Å²) in [5.74, 6) is 1.04. The molecule has 25 heavy (non-hydrogen) atoms. The fourth-order valence-corrected chi connectivity index (χ4v) is 2.82. The molecular weight excluding hydrogens is 312 g/mol. The van der Waals surface area contributed by atoms with E-state index in [9.17, 15) is 5.26 Å². The molecule has 1 N–H and O–H groups in total. The maximum absolute atomic E-state index is 9.32. The number of nitrogens with zero attached hydrogens (tertiary/aromatic N) is 3. The van der Waals surface area contributed by atoms with Gasteiger partial charge in [0, 0.05) is 32.3 Å². The molecular formula is C20H24N4O. The highest BCUT2D eigenvalue weighted by molar-refractivity contribution is 5.67. The summed E-state index contributed by atoms with van der Waals surface area (Å²) in [4.78, 5) is 6.37. The molecule has 0 atom stereocenters. The maximum Gasteiger partial charge on any atom is 0.235 e. The van der Waals surface area contributed by atoms with Crippen LogP contribution in [0.2, 0.25) is 0 Å². The SMILES string of the molecule is CC(C)(C)c1ccc(/C=C/c2nc(C#N)c(N3CCNCC3)o2)cc1. The number of aromatic nitrogens is 1. The average Bonchev–Trinajstić information content (AvgIpc) is 3.04. The molecule has 1 aromatic heterocycles. The quantitative estimate of drug-likeness (QED) is 0.930. The van der Waals surface area contributed by atoms with Crippen LogP contribution >= 0.6 is 0 Å². The molecule has 5 heteroatoms. The molecule has 0 unspecified atom stereocenters. The first kappa shape index (κ1) is 17.2. The topological polar surface area (TPSA) is 65.1 Å². The third-order valence-electron chi connectivity index (χ3n) is 4.33. The lowest BCUT2D eigenvalue weighted by atomic mass is 9.87. The van der Waals surface area contributed by atoms with Crippen LogP contribution in [0.25, 0.3) is 12.2 Å². The lowest BCUT2D eigenvalue weighted by Crippen LogP contribution is -2.43. The van der Waals surface area contributed by atoms with Crippen molar-refractivity contribution in [3.8, 4) is 6.07 Å². The highest BCUT2D eigenvalue weighted by Gasteiger charge is 2.20. The monoisotopic (exact) mass is 336 g/mol. The molecule has 130 valence electrons. The fourth-order valence-electron chi connectivity index (χ4n) is 2.82. The van der Waals surface area contributed by atoms with Gasteiger partial charge in [0.1, 0.15) is 6.07 Å². The summed E-state index contributed by atoms with van der Waals surface area (Å²) in [6.45, 7) is 10.0. The number of anilines is 1. The van der Waals surface area contributed by atoms with Crippen LogP contribution in [0.15, 0.2) is 28.7 Å². The van der Waals surface area contributed by atoms with E-state index >= 15 is 0 Å². The third-order valence-corrected chi connectivity index (χ3v) is 4.33. The van der Waals surface area contributed by atoms with Crippen LogP contribution in [0.4, 0.5) is 5.88 Å². The number of hydrogen-bond donors (Lipinski definition) is 1. The molecule has 1 aromatic carbocycles. The molecule has 3 rings (SSSR count). The Labute approximate surface area is 149 Å². The number of nitriles is 1. The van der Waals surface area contributed by atoms with Gasteiger partial charge in [-0.05, 0) is 22.6 Å². The first-order valence-corrected chi connectivity index (χ1v) is 8.62. The second kappa shape index (κ2) is 7.12. The molecule has 1 aliphatic heterocycles. The van der Waals surface area contributed by atoms with Crippen molar-refractivity contribution in [1.29, 1.82) is 5.26 Å². The Morgan fingerprint density at radius 2 is 1.84 bits per heavy atom. The van der Waals surface area contributed by atoms with E-state index < -0.39 is 0 Å². The van der Waals surface area contributed by atoms with Gasteiger partial charge in [-0.15, -0.1) is 0 Å². The Morgan fingerprint density at radius 3 is 2.44 bits per heavy atom. The molecule has 0 aliphatic carbocycles. The van der Waals surface area contributed by atoms with E-state index in [1.807, 2.05) is 12.2 Å². The van der Waals surface area contributed by atoms with Crippen molar-refractivity contribution >= 4 is 18.0 Å². The highest BCUT2D eigenvalue weighted by atomic mass is 16.4. The molecule has 0 saturated carbocycles. The van der Waals surface area contributed by atoms with Gasteiger partial charge in [-0.1, -0.05) is 45.0 Å². The van der Waals surface area contributed by atoms with Gasteiger partial charge < -0.3 is 14.6 Å². The second-order valence-electron chi connectivity index (χ2n) is 7.26. The van der Waals surface area contributed by atoms with E-state index in [-0.39, 0.29) is 5.41 Å². The number of hydrogen-bond acceptors (Lipinski definition) is 5. The van der Waals surface area contributed by atoms with Gasteiger partial charge in [-0.25, -0.2) is 0 Å². The van der Waals surface area contributed by atoms with Gasteiger partial charge in [-0.2, -0.15) is 10.2 Å². The van der Waals surface area contributed by atoms with Crippen molar-refractivity contribution in [2.45, 2.75) is 26.2 Å². The minimum atomic E-state index is 0.144. The maximum atomic E-state index is 9.32. The van der Waals surface area contributed by atoms with Crippen LogP contribution in [-0.4, -0.2) is 31.2 Å². The van der Waals surface area contributed by atoms with E-state index in [2.05, 4.69) is 66.3 Å². The number of nitrogens with one attached hydrogen (secondary N) is 1. The predicted octanol–water partition coefficient (Wildman–Crippen LogP) is 3.42. The number of rotatable bonds is 3. The fraction of sp³-hybridized carbons (Fsp3) is 0.400. The minimum absolute atomic E-state index is 0.144. The van der Waals surface area contributed by atoms with Gasteiger partial charge in [0.2, 0.25) is 17.5 Å². The summed E-state index contributed by atoms with van der Waals surface area (Å²) in [6, 6.07) is 10.6. The Balaban J connectivity index is 1.77. The van der Waals surface area contributed by atoms with Crippen LogP contribution in [0.3, 0.4) is 0 Å². The van der Waals surface area contributed by atoms with Crippen molar-refractivity contribution in [3.63, 3.8) is 0 Å². The zero-order valence-electron chi connectivity index (χ0n) is 15.0. The van der Waals surface area contributed by atoms with E-state index in [0.29, 0.717) is 17.5 Å². The molecule has 0 radical (unpaired) electrons. The van der Waals surface area contributed by atoms with Crippen molar-refractivity contribution in [3.05, 3.63) is 47.0 Å². The molecule has 1 fully saturated rings. The van der Waals surface area contributed by atoms with Crippen LogP contribution in [0, 0.1) is 11.3 Å². The van der Waals surface area contributed by atoms with Crippen LogP contribution in [0.5, 0.6) is 0 Å². The number of oxazole rings is 1. The minimum Gasteiger partial charge on any atom is -0.420 e. The van der Waals surface area contributed by atoms with Gasteiger partial charge in [0.15, 0.2) is 0 Å². The Hall–Kier alpha value is -2.58. The van der Waals surface area contributed by atoms with Crippen molar-refractivity contribution < 1.29 is 4.42 Å². The lowest BCUT2D eigenvalue weighted by Gasteiger charge is -2.26. The zero-order valence-corrected chi connectivity index (χ0v) is 15.0. The van der Waals surface area contributed by atoms with Crippen LogP contribution < -0.4 is 10.2 Å². The van der Waals surface area contributed by atoms with Crippen LogP contribution in [0.1, 0.15) is 43.5 Å². The lowest BCUT2D eigenvalue weighted by molar-refractivity contribution is 0.498. The van der Waals surface area contributed by atoms with Gasteiger partial charge in [0.05, 0.1) is 0 Å². The van der Waals surface area contributed by atoms with Gasteiger partial charge in [0.25, 0.3) is 0 Å². The van der Waals surface area contributed by atoms with Gasteiger partial charge in [-0.3, -0.25) is 0 Å². The molecule has 0 bridgehead atoms. The molecule has 1 saturated heterocycles. The van der Waals surface area contributed by atoms with Crippen LogP contribution in [-0.2, 0) is 5.41 Å². The molecule has 2 heterocycles. The van der Waals surface area contributed by atoms with Gasteiger partial charge >= 0.3 is 0 Å². The Morgan fingerprint density at radius 1 is 1.16 bits per heavy atom. The zero-order chi connectivity index (χ0) is 17.9. The van der Waals surface area contributed by atoms with E-state index in [1.54, 1.807) is 0 Å². The molecule has 1 aliphatic rings. The average molecular weight is 336 g/mol. The number of piperazine rings is 1. The van der Waals surface area contributed by atoms with Crippen molar-refractivity contribution in [1.82, 2.24) is 10.3 Å². The van der Waals surface area contributed by atoms with Crippen molar-refractivity contribution in [2.75, 3.05) is 31.1 Å². The summed E-state index contributed by atoms with van der Waals surface area (Å²) in [7, 11) is 0. The molecule has 0 amide bonds. The highest BCUT2D eigenvalue weighted by Crippen LogP contribution is 2.24. The molecule has 0 spiro atoms. The molecule has 2 aromatic rings. The molecule has 5 nitrogen and oxygen atoms in total. The van der Waals surface area contributed by atoms with E-state index in [0.717, 1.165) is 31.7 Å². The first-order chi connectivity index (χ1) is 12.0. The largest absolute Gasteiger partial charge is 0.420 e. The predicted molar refractivity (Wildman–Crippen MR) is 100 cm³/mol. The summed E-state index contributed by atoms with van der Waals surface area (Å²) >= 11 is 0. The Bertz CT molecular complexity index is 785. The summed E-state index contributed by atoms with van der Waals surface area (Å²) < 4.78 is 5.82. The first-order valence-electron chi connectivity index (χ1n) is 8.62. The van der Waals surface area contributed by atoms with E-state index in [1.165, 1.54) is 5.56 Å². The second-order valence-corrected chi connectivity index (χ2v) is 7.26. The van der Waals surface area contributed by atoms with E-state index in [4.69, 9.17) is 4.42 Å². The van der Waals surface area contributed by atoms with Crippen molar-refractivity contribution in [2.24, 2.45) is 0 Å². The smallest absolute Gasteiger partial charge is 0.235 e. The summed E-state index contributed by atoms with van der Waals surface area (Å²) in [5.41, 5.74) is 2.87. The standard InChI is InChI=1S/C20H24N4O/c1-20(2,3)16-7-4-15(5-8-16)6-9-18-23-17(14-21)19(25-18)24-12-10-22-11-13-24/h4-9,22H,10-13H2,1-3H3/b9-6+. The number of benzene rings is 1. The summed E-state index contributed by atoms with van der Waals surface area (Å²) in [6.07, 6.45) is 3.78. The normalized spacial score (nSPS) is 15.5. The Kier molecular flexibility index (Phi) is 4.91. The third kappa shape index (κ3) is 4.09.